The van der Waals surface area contributed by atoms with Crippen molar-refractivity contribution in [1.29, 1.82) is 5.41 Å². The molecule has 0 aliphatic heterocycles. The van der Waals surface area contributed by atoms with Gasteiger partial charge in [-0.2, -0.15) is 23.0 Å². The van der Waals surface area contributed by atoms with Crippen LogP contribution in [0.15, 0.2) is 78.5 Å². The molecule has 38 heavy (non-hydrogen) atoms. The first-order valence-electron chi connectivity index (χ1n) is 10.7. The fourth-order valence-electron chi connectivity index (χ4n) is 3.75. The number of halogens is 3. The number of hydrogen-bond acceptors (Lipinski definition) is 7. The number of pyridine rings is 1. The predicted molar refractivity (Wildman–Crippen MR) is 127 cm³/mol. The van der Waals surface area contributed by atoms with E-state index in [0.717, 1.165) is 18.5 Å². The third-order valence-corrected chi connectivity index (χ3v) is 5.46. The van der Waals surface area contributed by atoms with Gasteiger partial charge in [-0.3, -0.25) is 14.8 Å². The summed E-state index contributed by atoms with van der Waals surface area (Å²) < 4.78 is 43.1. The molecule has 0 unspecified atom stereocenters. The lowest BCUT2D eigenvalue weighted by Crippen LogP contribution is -2.22. The van der Waals surface area contributed by atoms with Crippen LogP contribution in [-0.4, -0.2) is 40.3 Å². The fraction of sp³-hybridized carbons (Fsp3) is 0.0435. The molecule has 15 heteroatoms. The van der Waals surface area contributed by atoms with Crippen molar-refractivity contribution < 1.29 is 23.2 Å². The van der Waals surface area contributed by atoms with Crippen molar-refractivity contribution in [2.45, 2.75) is 6.18 Å². The molecule has 5 rings (SSSR count). The number of nitrogens with zero attached hydrogens (tertiary/aromatic N) is 6. The summed E-state index contributed by atoms with van der Waals surface area (Å²) in [6, 6.07) is 9.39. The first kappa shape index (κ1) is 24.2. The molecule has 2 aromatic carbocycles. The molecule has 12 nitrogen and oxygen atoms in total. The van der Waals surface area contributed by atoms with E-state index >= 15 is 0 Å². The molecule has 5 aromatic rings. The number of nitrogens with one attached hydrogen (secondary N) is 3. The number of urea groups is 1. The second kappa shape index (κ2) is 9.20. The Morgan fingerprint density at radius 2 is 1.79 bits per heavy atom. The second-order valence-corrected chi connectivity index (χ2v) is 7.88. The van der Waals surface area contributed by atoms with Gasteiger partial charge in [-0.1, -0.05) is 0 Å². The van der Waals surface area contributed by atoms with Gasteiger partial charge in [-0.05, 0) is 42.5 Å². The van der Waals surface area contributed by atoms with Crippen LogP contribution in [0.3, 0.4) is 0 Å². The fourth-order valence-corrected chi connectivity index (χ4v) is 3.75. The highest BCUT2D eigenvalue weighted by Gasteiger charge is 2.31. The van der Waals surface area contributed by atoms with Crippen molar-refractivity contribution in [3.05, 3.63) is 95.0 Å². The summed E-state index contributed by atoms with van der Waals surface area (Å²) in [5.41, 5.74) is -0.946. The van der Waals surface area contributed by atoms with Crippen LogP contribution < -0.4 is 21.6 Å². The van der Waals surface area contributed by atoms with Gasteiger partial charge in [-0.25, -0.2) is 19.4 Å². The number of benzene rings is 2. The van der Waals surface area contributed by atoms with Crippen LogP contribution in [0, 0.1) is 5.41 Å². The summed E-state index contributed by atoms with van der Waals surface area (Å²) in [6.07, 6.45) is 0.252. The van der Waals surface area contributed by atoms with Gasteiger partial charge in [0, 0.05) is 23.6 Å². The third kappa shape index (κ3) is 4.55. The average Bonchev–Trinajstić information content (AvgIpc) is 3.41. The number of amides is 2. The molecule has 0 spiro atoms. The number of anilines is 2. The van der Waals surface area contributed by atoms with Crippen molar-refractivity contribution >= 4 is 28.4 Å². The van der Waals surface area contributed by atoms with Gasteiger partial charge in [0.15, 0.2) is 16.6 Å². The van der Waals surface area contributed by atoms with Crippen LogP contribution >= 0.6 is 0 Å². The zero-order chi connectivity index (χ0) is 27.0. The number of rotatable bonds is 4. The Morgan fingerprint density at radius 1 is 1.03 bits per heavy atom. The van der Waals surface area contributed by atoms with Gasteiger partial charge in [0.2, 0.25) is 0 Å². The molecule has 3 heterocycles. The number of alkyl halides is 3. The third-order valence-electron chi connectivity index (χ3n) is 5.46. The normalized spacial score (nSPS) is 11.4. The summed E-state index contributed by atoms with van der Waals surface area (Å²) >= 11 is 0. The largest absolute Gasteiger partial charge is 0.425 e. The van der Waals surface area contributed by atoms with E-state index in [9.17, 15) is 28.0 Å². The highest BCUT2D eigenvalue weighted by atomic mass is 19.4. The minimum atomic E-state index is -4.63. The molecule has 0 radical (unpaired) electrons. The first-order valence-corrected chi connectivity index (χ1v) is 10.7. The zero-order valence-corrected chi connectivity index (χ0v) is 19.0. The van der Waals surface area contributed by atoms with Gasteiger partial charge in [-0.15, -0.1) is 0 Å². The number of hydrogen-bond donors (Lipinski definition) is 4. The first-order chi connectivity index (χ1) is 18.1. The van der Waals surface area contributed by atoms with Gasteiger partial charge in [0.25, 0.3) is 0 Å². The smallest absolute Gasteiger partial charge is 0.416 e. The molecule has 0 fully saturated rings. The SMILES string of the molecule is N=c1ncn(O)c2c1c(=O)ccn2-c1ccc(NC(=O)Nc2cc(C(F)(F)F)ccc2-n2cncn2)cc1. The van der Waals surface area contributed by atoms with Crippen LogP contribution in [0.5, 0.6) is 0 Å². The molecule has 0 atom stereocenters. The Hall–Kier alpha value is -5.47. The van der Waals surface area contributed by atoms with Crippen molar-refractivity contribution in [2.24, 2.45) is 0 Å². The van der Waals surface area contributed by atoms with Crippen LogP contribution in [-0.2, 0) is 6.18 Å². The molecular weight excluding hydrogens is 507 g/mol. The molecule has 3 aromatic heterocycles. The maximum absolute atomic E-state index is 13.3. The van der Waals surface area contributed by atoms with Crippen LogP contribution in [0.1, 0.15) is 5.56 Å². The molecule has 4 N–H and O–H groups in total. The predicted octanol–water partition coefficient (Wildman–Crippen LogP) is 3.15. The number of carbonyl (C=O) groups excluding carboxylic acids is 1. The van der Waals surface area contributed by atoms with E-state index in [4.69, 9.17) is 5.41 Å². The summed E-state index contributed by atoms with van der Waals surface area (Å²) in [5.74, 6) is 0. The van der Waals surface area contributed by atoms with Gasteiger partial charge >= 0.3 is 12.2 Å². The molecule has 192 valence electrons. The lowest BCUT2D eigenvalue weighted by Gasteiger charge is -2.15. The zero-order valence-electron chi connectivity index (χ0n) is 19.0. The van der Waals surface area contributed by atoms with E-state index in [-0.39, 0.29) is 27.9 Å². The minimum absolute atomic E-state index is 0.0149. The average molecular weight is 523 g/mol. The molecule has 0 aliphatic carbocycles. The van der Waals surface area contributed by atoms with E-state index in [1.54, 1.807) is 12.1 Å². The number of carbonyl (C=O) groups is 1. The maximum atomic E-state index is 13.3. The van der Waals surface area contributed by atoms with E-state index in [2.05, 4.69) is 25.7 Å². The summed E-state index contributed by atoms with van der Waals surface area (Å²) in [7, 11) is 0. The molecule has 2 amide bonds. The number of fused-ring (bicyclic) bond motifs is 1. The highest BCUT2D eigenvalue weighted by Crippen LogP contribution is 2.33. The van der Waals surface area contributed by atoms with E-state index in [1.807, 2.05) is 0 Å². The topological polar surface area (TPSA) is 156 Å². The van der Waals surface area contributed by atoms with Crippen LogP contribution in [0.4, 0.5) is 29.3 Å². The summed E-state index contributed by atoms with van der Waals surface area (Å²) in [6.45, 7) is 0. The highest BCUT2D eigenvalue weighted by molar-refractivity contribution is 6.01. The van der Waals surface area contributed by atoms with Crippen molar-refractivity contribution in [3.63, 3.8) is 0 Å². The Balaban J connectivity index is 1.41. The van der Waals surface area contributed by atoms with Crippen molar-refractivity contribution in [3.8, 4) is 11.4 Å². The Bertz CT molecular complexity index is 1760. The number of aromatic nitrogens is 6. The van der Waals surface area contributed by atoms with Crippen LogP contribution in [0.2, 0.25) is 0 Å². The van der Waals surface area contributed by atoms with Crippen molar-refractivity contribution in [1.82, 2.24) is 29.0 Å². The standard InChI is InChI=1S/C23H16F3N9O3/c24-23(25,26)13-1-6-17(34-11-28-10-30-34)16(9-13)32-22(37)31-14-2-4-15(5-3-14)33-8-7-18(36)19-20(27)29-12-35(38)21(19)33/h1-12,27,38H,(H2,31,32,37). The van der Waals surface area contributed by atoms with E-state index in [0.29, 0.717) is 16.1 Å². The lowest BCUT2D eigenvalue weighted by atomic mass is 10.1. The Labute approximate surface area is 209 Å². The summed E-state index contributed by atoms with van der Waals surface area (Å²) in [5, 5.41) is 26.9. The Morgan fingerprint density at radius 3 is 2.47 bits per heavy atom. The van der Waals surface area contributed by atoms with Crippen LogP contribution in [0.25, 0.3) is 22.4 Å². The maximum Gasteiger partial charge on any atom is 0.416 e. The van der Waals surface area contributed by atoms with Crippen molar-refractivity contribution in [2.75, 3.05) is 10.6 Å². The molecular formula is C23H16F3N9O3. The quantitative estimate of drug-likeness (QED) is 0.265. The monoisotopic (exact) mass is 523 g/mol. The molecule has 0 saturated carbocycles. The molecule has 0 aliphatic rings. The minimum Gasteiger partial charge on any atom is -0.425 e. The van der Waals surface area contributed by atoms with Gasteiger partial charge in [0.05, 0.1) is 16.9 Å². The van der Waals surface area contributed by atoms with Gasteiger partial charge in [0.1, 0.15) is 24.4 Å². The lowest BCUT2D eigenvalue weighted by molar-refractivity contribution is -0.137. The summed E-state index contributed by atoms with van der Waals surface area (Å²) in [4.78, 5) is 32.3. The van der Waals surface area contributed by atoms with E-state index < -0.39 is 23.2 Å². The molecule has 0 bridgehead atoms. The van der Waals surface area contributed by atoms with Gasteiger partial charge < -0.3 is 15.8 Å². The Kier molecular flexibility index (Phi) is 5.87. The van der Waals surface area contributed by atoms with E-state index in [1.165, 1.54) is 52.4 Å². The second-order valence-electron chi connectivity index (χ2n) is 7.88. The molecule has 0 saturated heterocycles.